The van der Waals surface area contributed by atoms with E-state index in [1.54, 1.807) is 13.8 Å². The Morgan fingerprint density at radius 3 is 2.41 bits per heavy atom. The molecule has 1 unspecified atom stereocenters. The third-order valence-electron chi connectivity index (χ3n) is 4.18. The van der Waals surface area contributed by atoms with Gasteiger partial charge in [0.25, 0.3) is 0 Å². The van der Waals surface area contributed by atoms with Crippen LogP contribution in [0.1, 0.15) is 19.4 Å². The Balaban J connectivity index is 2.04. The van der Waals surface area contributed by atoms with Crippen LogP contribution in [0.4, 0.5) is 0 Å². The molecular weight excluding hydrogens is 366 g/mol. The Bertz CT molecular complexity index is 916. The number of amides is 1. The second-order valence-corrected chi connectivity index (χ2v) is 9.24. The second-order valence-electron chi connectivity index (χ2n) is 7.13. The topological polar surface area (TPSA) is 101 Å². The van der Waals surface area contributed by atoms with Crippen molar-refractivity contribution in [2.45, 2.75) is 20.3 Å². The summed E-state index contributed by atoms with van der Waals surface area (Å²) in [6.45, 7) is 3.41. The molecule has 2 aromatic rings. The first-order valence-corrected chi connectivity index (χ1v) is 10.7. The van der Waals surface area contributed by atoms with Crippen LogP contribution in [0, 0.1) is 11.8 Å². The van der Waals surface area contributed by atoms with Crippen LogP contribution >= 0.6 is 0 Å². The van der Waals surface area contributed by atoms with E-state index >= 15 is 0 Å². The highest BCUT2D eigenvalue weighted by Crippen LogP contribution is 2.21. The van der Waals surface area contributed by atoms with Crippen LogP contribution in [0.5, 0.6) is 0 Å². The molecule has 1 amide bonds. The molecule has 27 heavy (non-hydrogen) atoms. The van der Waals surface area contributed by atoms with E-state index in [0.29, 0.717) is 0 Å². The molecule has 146 valence electrons. The van der Waals surface area contributed by atoms with Crippen LogP contribution in [0.2, 0.25) is 0 Å². The lowest BCUT2D eigenvalue weighted by atomic mass is 9.95. The molecule has 1 atom stereocenters. The van der Waals surface area contributed by atoms with Crippen molar-refractivity contribution >= 4 is 32.5 Å². The number of fused-ring (bicyclic) bond motifs is 1. The quantitative estimate of drug-likeness (QED) is 0.683. The van der Waals surface area contributed by atoms with Crippen molar-refractivity contribution in [3.63, 3.8) is 0 Å². The summed E-state index contributed by atoms with van der Waals surface area (Å²) >= 11 is 0. The molecule has 0 aromatic heterocycles. The molecule has 0 saturated heterocycles. The maximum atomic E-state index is 11.9. The number of aliphatic carboxylic acids is 1. The van der Waals surface area contributed by atoms with Gasteiger partial charge in [0.15, 0.2) is 9.84 Å². The first kappa shape index (κ1) is 20.9. The summed E-state index contributed by atoms with van der Waals surface area (Å²) in [6, 6.07) is 13.4. The predicted molar refractivity (Wildman–Crippen MR) is 105 cm³/mol. The molecule has 2 rings (SSSR count). The van der Waals surface area contributed by atoms with E-state index in [0.717, 1.165) is 16.3 Å². The smallest absolute Gasteiger partial charge is 0.308 e. The van der Waals surface area contributed by atoms with Crippen molar-refractivity contribution in [2.24, 2.45) is 11.8 Å². The molecule has 0 saturated carbocycles. The summed E-state index contributed by atoms with van der Waals surface area (Å²) in [5.74, 6) is -3.30. The largest absolute Gasteiger partial charge is 0.481 e. The monoisotopic (exact) mass is 391 g/mol. The van der Waals surface area contributed by atoms with Crippen molar-refractivity contribution in [1.82, 2.24) is 5.32 Å². The fourth-order valence-electron chi connectivity index (χ4n) is 3.04. The highest BCUT2D eigenvalue weighted by atomic mass is 32.2. The van der Waals surface area contributed by atoms with Crippen molar-refractivity contribution in [3.8, 4) is 0 Å². The van der Waals surface area contributed by atoms with Gasteiger partial charge in [-0.15, -0.1) is 0 Å². The summed E-state index contributed by atoms with van der Waals surface area (Å²) in [6.07, 6.45) is 0.246. The Kier molecular flexibility index (Phi) is 6.96. The lowest BCUT2D eigenvalue weighted by Crippen LogP contribution is -2.38. The number of rotatable bonds is 9. The van der Waals surface area contributed by atoms with Crippen molar-refractivity contribution in [3.05, 3.63) is 48.0 Å². The van der Waals surface area contributed by atoms with Gasteiger partial charge >= 0.3 is 5.97 Å². The van der Waals surface area contributed by atoms with E-state index in [-0.39, 0.29) is 24.6 Å². The normalized spacial score (nSPS) is 12.9. The summed E-state index contributed by atoms with van der Waals surface area (Å²) in [5.41, 5.74) is 0.877. The van der Waals surface area contributed by atoms with E-state index in [2.05, 4.69) is 5.32 Å². The number of carbonyl (C=O) groups is 2. The van der Waals surface area contributed by atoms with Crippen LogP contribution in [0.25, 0.3) is 10.8 Å². The van der Waals surface area contributed by atoms with Crippen LogP contribution in [0.3, 0.4) is 0 Å². The zero-order valence-electron chi connectivity index (χ0n) is 15.5. The average molecular weight is 391 g/mol. The fourth-order valence-corrected chi connectivity index (χ4v) is 4.67. The number of carboxylic acids is 1. The number of hydrogen-bond acceptors (Lipinski definition) is 4. The molecule has 0 heterocycles. The lowest BCUT2D eigenvalue weighted by Gasteiger charge is -2.15. The van der Waals surface area contributed by atoms with Crippen molar-refractivity contribution in [2.75, 3.05) is 18.1 Å². The Morgan fingerprint density at radius 1 is 1.07 bits per heavy atom. The Labute approximate surface area is 159 Å². The molecule has 0 spiro atoms. The van der Waals surface area contributed by atoms with Gasteiger partial charge in [-0.1, -0.05) is 56.3 Å². The summed E-state index contributed by atoms with van der Waals surface area (Å²) in [7, 11) is -3.50. The van der Waals surface area contributed by atoms with Crippen LogP contribution in [0.15, 0.2) is 42.5 Å². The van der Waals surface area contributed by atoms with Gasteiger partial charge in [-0.3, -0.25) is 9.59 Å². The molecule has 6 nitrogen and oxygen atoms in total. The van der Waals surface area contributed by atoms with Gasteiger partial charge in [-0.25, -0.2) is 8.42 Å². The van der Waals surface area contributed by atoms with Crippen LogP contribution in [-0.4, -0.2) is 43.5 Å². The SMILES string of the molecule is CC(C)CS(=O)(=O)CC(=O)NCC(Cc1cccc2ccccc12)C(=O)O. The van der Waals surface area contributed by atoms with Gasteiger partial charge in [0.05, 0.1) is 11.7 Å². The van der Waals surface area contributed by atoms with Gasteiger partial charge in [0.2, 0.25) is 5.91 Å². The van der Waals surface area contributed by atoms with Crippen LogP contribution < -0.4 is 5.32 Å². The van der Waals surface area contributed by atoms with Crippen LogP contribution in [-0.2, 0) is 25.8 Å². The van der Waals surface area contributed by atoms with Gasteiger partial charge in [0, 0.05) is 6.54 Å². The van der Waals surface area contributed by atoms with E-state index in [1.807, 2.05) is 42.5 Å². The van der Waals surface area contributed by atoms with Gasteiger partial charge in [-0.2, -0.15) is 0 Å². The molecule has 2 N–H and O–H groups in total. The molecule has 0 aliphatic carbocycles. The van der Waals surface area contributed by atoms with Gasteiger partial charge in [-0.05, 0) is 28.7 Å². The zero-order chi connectivity index (χ0) is 20.0. The van der Waals surface area contributed by atoms with Crippen molar-refractivity contribution in [1.29, 1.82) is 0 Å². The second kappa shape index (κ2) is 8.99. The van der Waals surface area contributed by atoms with E-state index in [9.17, 15) is 23.1 Å². The van der Waals surface area contributed by atoms with E-state index in [4.69, 9.17) is 0 Å². The third kappa shape index (κ3) is 6.36. The predicted octanol–water partition coefficient (Wildman–Crippen LogP) is 2.27. The maximum Gasteiger partial charge on any atom is 0.308 e. The Hall–Kier alpha value is -2.41. The molecule has 0 aliphatic rings. The minimum Gasteiger partial charge on any atom is -0.481 e. The fraction of sp³-hybridized carbons (Fsp3) is 0.400. The summed E-state index contributed by atoms with van der Waals surface area (Å²) in [5, 5.41) is 14.0. The number of hydrogen-bond donors (Lipinski definition) is 2. The third-order valence-corrected chi connectivity index (χ3v) is 6.06. The number of carbonyl (C=O) groups excluding carboxylic acids is 1. The molecule has 0 bridgehead atoms. The molecule has 0 fully saturated rings. The molecule has 0 radical (unpaired) electrons. The van der Waals surface area contributed by atoms with Gasteiger partial charge in [0.1, 0.15) is 5.75 Å². The maximum absolute atomic E-state index is 11.9. The standard InChI is InChI=1S/C20H25NO5S/c1-14(2)12-27(25,26)13-19(22)21-11-17(20(23)24)10-16-8-5-7-15-6-3-4-9-18(15)16/h3-9,14,17H,10-13H2,1-2H3,(H,21,22)(H,23,24). The van der Waals surface area contributed by atoms with Gasteiger partial charge < -0.3 is 10.4 Å². The Morgan fingerprint density at radius 2 is 1.74 bits per heavy atom. The minimum absolute atomic E-state index is 0.0686. The first-order chi connectivity index (χ1) is 12.7. The summed E-state index contributed by atoms with van der Waals surface area (Å²) < 4.78 is 23.8. The average Bonchev–Trinajstić information content (AvgIpc) is 2.56. The van der Waals surface area contributed by atoms with E-state index in [1.165, 1.54) is 0 Å². The molecule has 0 aliphatic heterocycles. The lowest BCUT2D eigenvalue weighted by molar-refractivity contribution is -0.141. The molecule has 7 heteroatoms. The minimum atomic E-state index is -3.50. The zero-order valence-corrected chi connectivity index (χ0v) is 16.3. The number of benzene rings is 2. The van der Waals surface area contributed by atoms with E-state index < -0.39 is 33.4 Å². The van der Waals surface area contributed by atoms with Crippen molar-refractivity contribution < 1.29 is 23.1 Å². The molecule has 2 aromatic carbocycles. The number of nitrogens with one attached hydrogen (secondary N) is 1. The molecular formula is C20H25NO5S. The number of carboxylic acid groups (broad SMARTS) is 1. The summed E-state index contributed by atoms with van der Waals surface area (Å²) in [4.78, 5) is 23.6. The number of sulfone groups is 1. The highest BCUT2D eigenvalue weighted by molar-refractivity contribution is 7.92. The first-order valence-electron chi connectivity index (χ1n) is 8.84. The highest BCUT2D eigenvalue weighted by Gasteiger charge is 2.22.